The van der Waals surface area contributed by atoms with Crippen molar-refractivity contribution in [1.82, 2.24) is 9.97 Å². The maximum atomic E-state index is 12.0. The van der Waals surface area contributed by atoms with Crippen LogP contribution in [0.25, 0.3) is 6.08 Å². The summed E-state index contributed by atoms with van der Waals surface area (Å²) in [5.74, 6) is -0.929. The lowest BCUT2D eigenvalue weighted by Crippen LogP contribution is -2.08. The van der Waals surface area contributed by atoms with Crippen LogP contribution in [0.5, 0.6) is 0 Å². The minimum Gasteiger partial charge on any atom is -0.478 e. The van der Waals surface area contributed by atoms with Gasteiger partial charge in [0.25, 0.3) is 0 Å². The molecule has 4 rings (SSSR count). The van der Waals surface area contributed by atoms with Crippen LogP contribution in [-0.2, 0) is 17.6 Å². The summed E-state index contributed by atoms with van der Waals surface area (Å²) < 4.78 is 0. The first kappa shape index (κ1) is 22.7. The van der Waals surface area contributed by atoms with Gasteiger partial charge < -0.3 is 10.1 Å². The van der Waals surface area contributed by atoms with E-state index in [1.807, 2.05) is 54.6 Å². The summed E-state index contributed by atoms with van der Waals surface area (Å²) in [4.78, 5) is 20.3. The second kappa shape index (κ2) is 10.9. The lowest BCUT2D eigenvalue weighted by atomic mass is 10.0. The number of aromatic nitrogens is 2. The smallest absolute Gasteiger partial charge is 0.331 e. The summed E-state index contributed by atoms with van der Waals surface area (Å²) in [6.45, 7) is 0. The fourth-order valence-electron chi connectivity index (χ4n) is 4.05. The van der Waals surface area contributed by atoms with Gasteiger partial charge in [0.05, 0.1) is 5.69 Å². The van der Waals surface area contributed by atoms with E-state index in [2.05, 4.69) is 4.98 Å². The Labute approximate surface area is 198 Å². The molecule has 1 aromatic heterocycles. The molecule has 0 radical (unpaired) electrons. The van der Waals surface area contributed by atoms with Crippen LogP contribution in [0.1, 0.15) is 54.6 Å². The van der Waals surface area contributed by atoms with E-state index in [1.165, 1.54) is 32.1 Å². The molecule has 4 nitrogen and oxygen atoms in total. The van der Waals surface area contributed by atoms with E-state index in [9.17, 15) is 9.90 Å². The molecule has 0 atom stereocenters. The summed E-state index contributed by atoms with van der Waals surface area (Å²) in [6, 6.07) is 17.4. The van der Waals surface area contributed by atoms with E-state index in [0.717, 1.165) is 22.0 Å². The number of rotatable bonds is 8. The number of imidazole rings is 1. The van der Waals surface area contributed by atoms with E-state index in [0.29, 0.717) is 34.4 Å². The first-order valence-electron chi connectivity index (χ1n) is 11.0. The summed E-state index contributed by atoms with van der Waals surface area (Å²) in [7, 11) is 0. The van der Waals surface area contributed by atoms with Crippen molar-refractivity contribution in [1.29, 1.82) is 0 Å². The second-order valence-corrected chi connectivity index (χ2v) is 9.89. The van der Waals surface area contributed by atoms with Crippen LogP contribution >= 0.6 is 23.4 Å². The Hall–Kier alpha value is -2.50. The summed E-state index contributed by atoms with van der Waals surface area (Å²) in [5, 5.41) is 12.0. The van der Waals surface area contributed by atoms with Gasteiger partial charge in [-0.3, -0.25) is 0 Å². The molecule has 1 saturated carbocycles. The Bertz CT molecular complexity index is 1090. The highest BCUT2D eigenvalue weighted by atomic mass is 35.5. The number of nitrogens with one attached hydrogen (secondary N) is 1. The van der Waals surface area contributed by atoms with E-state index in [-0.39, 0.29) is 0 Å². The van der Waals surface area contributed by atoms with Gasteiger partial charge in [0, 0.05) is 34.4 Å². The van der Waals surface area contributed by atoms with E-state index in [4.69, 9.17) is 16.6 Å². The molecule has 1 heterocycles. The zero-order valence-corrected chi connectivity index (χ0v) is 19.5. The number of aromatic amines is 1. The summed E-state index contributed by atoms with van der Waals surface area (Å²) in [6.07, 6.45) is 8.86. The third-order valence-electron chi connectivity index (χ3n) is 5.77. The first-order chi connectivity index (χ1) is 15.6. The summed E-state index contributed by atoms with van der Waals surface area (Å²) >= 11 is 8.18. The molecule has 32 heavy (non-hydrogen) atoms. The summed E-state index contributed by atoms with van der Waals surface area (Å²) in [5.41, 5.74) is 3.83. The zero-order chi connectivity index (χ0) is 22.3. The van der Waals surface area contributed by atoms with Gasteiger partial charge in [0.2, 0.25) is 0 Å². The Morgan fingerprint density at radius 3 is 2.53 bits per heavy atom. The minimum absolute atomic E-state index is 0.317. The van der Waals surface area contributed by atoms with Crippen molar-refractivity contribution in [2.24, 2.45) is 0 Å². The largest absolute Gasteiger partial charge is 0.478 e. The third-order valence-corrected chi connectivity index (χ3v) is 7.36. The number of carboxylic acids is 1. The van der Waals surface area contributed by atoms with E-state index < -0.39 is 5.97 Å². The fourth-order valence-corrected chi connectivity index (χ4v) is 5.47. The molecule has 0 unspecified atom stereocenters. The molecule has 0 bridgehead atoms. The van der Waals surface area contributed by atoms with E-state index >= 15 is 0 Å². The molecule has 6 heteroatoms. The van der Waals surface area contributed by atoms with Crippen molar-refractivity contribution >= 4 is 35.4 Å². The average Bonchev–Trinajstić information content (AvgIpc) is 3.16. The number of aliphatic carboxylic acids is 1. The molecule has 1 aliphatic carbocycles. The predicted octanol–water partition coefficient (Wildman–Crippen LogP) is 6.79. The number of hydrogen-bond donors (Lipinski definition) is 2. The molecule has 2 aromatic carbocycles. The van der Waals surface area contributed by atoms with Crippen molar-refractivity contribution in [3.8, 4) is 0 Å². The standard InChI is InChI=1S/C26H27ClN2O2S/c27-22-14-8-7-11-19(22)16-23-24(29-26(28-23)32-21-12-5-2-6-13-21)17-20(25(30)31)15-18-9-3-1-4-10-18/h1,3-4,7-11,14,17,21H,2,5-6,12-13,15-16H2,(H,28,29)(H,30,31)/b20-17+. The van der Waals surface area contributed by atoms with Crippen LogP contribution < -0.4 is 0 Å². The predicted molar refractivity (Wildman–Crippen MR) is 131 cm³/mol. The third kappa shape index (κ3) is 6.05. The fraction of sp³-hybridized carbons (Fsp3) is 0.308. The molecular weight excluding hydrogens is 440 g/mol. The van der Waals surface area contributed by atoms with Gasteiger partial charge in [-0.05, 0) is 36.1 Å². The average molecular weight is 467 g/mol. The number of nitrogens with zero attached hydrogens (tertiary/aromatic N) is 1. The lowest BCUT2D eigenvalue weighted by Gasteiger charge is -2.19. The Morgan fingerprint density at radius 2 is 1.81 bits per heavy atom. The molecule has 166 valence electrons. The SMILES string of the molecule is O=C(O)/C(=C/c1nc(SC2CCCCC2)[nH]c1Cc1ccccc1Cl)Cc1ccccc1. The van der Waals surface area contributed by atoms with Gasteiger partial charge >= 0.3 is 5.97 Å². The van der Waals surface area contributed by atoms with Gasteiger partial charge in [0.15, 0.2) is 5.16 Å². The van der Waals surface area contributed by atoms with Crippen LogP contribution in [0.4, 0.5) is 0 Å². The number of hydrogen-bond acceptors (Lipinski definition) is 3. The van der Waals surface area contributed by atoms with Gasteiger partial charge in [0.1, 0.15) is 0 Å². The Morgan fingerprint density at radius 1 is 1.09 bits per heavy atom. The number of halogens is 1. The van der Waals surface area contributed by atoms with Crippen LogP contribution in [0.15, 0.2) is 65.3 Å². The lowest BCUT2D eigenvalue weighted by molar-refractivity contribution is -0.132. The highest BCUT2D eigenvalue weighted by molar-refractivity contribution is 7.99. The molecule has 1 aliphatic rings. The zero-order valence-electron chi connectivity index (χ0n) is 17.9. The second-order valence-electron chi connectivity index (χ2n) is 8.19. The van der Waals surface area contributed by atoms with Gasteiger partial charge in [-0.2, -0.15) is 0 Å². The number of benzene rings is 2. The van der Waals surface area contributed by atoms with Crippen molar-refractivity contribution in [3.63, 3.8) is 0 Å². The molecule has 0 saturated heterocycles. The number of thioether (sulfide) groups is 1. The van der Waals surface area contributed by atoms with Gasteiger partial charge in [-0.25, -0.2) is 9.78 Å². The van der Waals surface area contributed by atoms with Crippen molar-refractivity contribution < 1.29 is 9.90 Å². The van der Waals surface area contributed by atoms with Crippen molar-refractivity contribution in [2.75, 3.05) is 0 Å². The molecule has 1 fully saturated rings. The van der Waals surface area contributed by atoms with E-state index in [1.54, 1.807) is 17.8 Å². The first-order valence-corrected chi connectivity index (χ1v) is 12.3. The van der Waals surface area contributed by atoms with Gasteiger partial charge in [-0.15, -0.1) is 0 Å². The maximum Gasteiger partial charge on any atom is 0.331 e. The normalized spacial score (nSPS) is 15.1. The maximum absolute atomic E-state index is 12.0. The molecule has 0 aliphatic heterocycles. The van der Waals surface area contributed by atoms with Crippen LogP contribution in [0.2, 0.25) is 5.02 Å². The van der Waals surface area contributed by atoms with Crippen LogP contribution in [0, 0.1) is 0 Å². The van der Waals surface area contributed by atoms with Crippen LogP contribution in [0.3, 0.4) is 0 Å². The highest BCUT2D eigenvalue weighted by Crippen LogP contribution is 2.33. The molecule has 3 aromatic rings. The topological polar surface area (TPSA) is 66.0 Å². The number of carboxylic acid groups (broad SMARTS) is 1. The van der Waals surface area contributed by atoms with Crippen molar-refractivity contribution in [2.45, 2.75) is 55.4 Å². The molecular formula is C26H27ClN2O2S. The minimum atomic E-state index is -0.929. The van der Waals surface area contributed by atoms with Gasteiger partial charge in [-0.1, -0.05) is 91.2 Å². The monoisotopic (exact) mass is 466 g/mol. The molecule has 0 amide bonds. The quantitative estimate of drug-likeness (QED) is 0.358. The van der Waals surface area contributed by atoms with Crippen LogP contribution in [-0.4, -0.2) is 26.3 Å². The van der Waals surface area contributed by atoms with Crippen molar-refractivity contribution in [3.05, 3.63) is 87.7 Å². The number of H-pyrrole nitrogens is 1. The Kier molecular flexibility index (Phi) is 7.72. The Balaban J connectivity index is 1.66. The molecule has 2 N–H and O–H groups in total. The number of carbonyl (C=O) groups is 1. The highest BCUT2D eigenvalue weighted by Gasteiger charge is 2.19. The molecule has 0 spiro atoms.